The summed E-state index contributed by atoms with van der Waals surface area (Å²) in [6.45, 7) is 1.92. The van der Waals surface area contributed by atoms with Crippen LogP contribution in [0.4, 0.5) is 0 Å². The number of thiol groups is 1. The number of nitrogens with zero attached hydrogens (tertiary/aromatic N) is 2. The van der Waals surface area contributed by atoms with Crippen molar-refractivity contribution in [2.45, 2.75) is 36.1 Å². The number of nitrogens with one attached hydrogen (secondary N) is 2. The quantitative estimate of drug-likeness (QED) is 0.372. The molecule has 1 fully saturated rings. The van der Waals surface area contributed by atoms with E-state index in [0.717, 1.165) is 15.4 Å². The van der Waals surface area contributed by atoms with Crippen molar-refractivity contribution in [2.75, 3.05) is 13.6 Å². The second-order valence-electron chi connectivity index (χ2n) is 7.55. The number of carbonyl (C=O) groups is 1. The summed E-state index contributed by atoms with van der Waals surface area (Å²) in [6.07, 6.45) is 0.152. The van der Waals surface area contributed by atoms with Gasteiger partial charge in [0.05, 0.1) is 4.90 Å². The molecule has 0 aromatic heterocycles. The van der Waals surface area contributed by atoms with Gasteiger partial charge in [-0.2, -0.15) is 30.1 Å². The zero-order valence-corrected chi connectivity index (χ0v) is 20.2. The molecule has 174 valence electrons. The van der Waals surface area contributed by atoms with Gasteiger partial charge in [-0.3, -0.25) is 10.2 Å². The van der Waals surface area contributed by atoms with Crippen molar-refractivity contribution in [3.05, 3.63) is 65.7 Å². The highest BCUT2D eigenvalue weighted by molar-refractivity contribution is 7.89. The average Bonchev–Trinajstić information content (AvgIpc) is 3.16. The van der Waals surface area contributed by atoms with E-state index in [2.05, 4.69) is 22.8 Å². The maximum absolute atomic E-state index is 12.9. The summed E-state index contributed by atoms with van der Waals surface area (Å²) in [5, 5.41) is -0.363. The van der Waals surface area contributed by atoms with Crippen LogP contribution in [0, 0.1) is 6.92 Å². The molecule has 0 saturated carbocycles. The first kappa shape index (κ1) is 24.7. The molecule has 1 aliphatic heterocycles. The topological polar surface area (TPSA) is 116 Å². The van der Waals surface area contributed by atoms with E-state index >= 15 is 0 Å². The molecule has 0 radical (unpaired) electrons. The number of hydrogen-bond donors (Lipinski definition) is 3. The highest BCUT2D eigenvalue weighted by Gasteiger charge is 2.43. The first-order valence-electron chi connectivity index (χ1n) is 9.85. The Labute approximate surface area is 194 Å². The third-order valence-corrected chi connectivity index (χ3v) is 8.68. The zero-order chi connectivity index (χ0) is 23.5. The summed E-state index contributed by atoms with van der Waals surface area (Å²) in [5.74, 6) is -0.746. The van der Waals surface area contributed by atoms with E-state index in [1.807, 2.05) is 13.0 Å². The van der Waals surface area contributed by atoms with Crippen molar-refractivity contribution >= 4 is 38.8 Å². The molecule has 2 atom stereocenters. The van der Waals surface area contributed by atoms with E-state index in [1.54, 1.807) is 36.4 Å². The second kappa shape index (κ2) is 9.89. The molecule has 2 aromatic rings. The summed E-state index contributed by atoms with van der Waals surface area (Å²) in [5.41, 5.74) is 3.97. The fourth-order valence-electron chi connectivity index (χ4n) is 3.30. The van der Waals surface area contributed by atoms with Crippen molar-refractivity contribution in [1.82, 2.24) is 18.9 Å². The number of aryl methyl sites for hydroxylation is 1. The Hall–Kier alpha value is -1.96. The molecule has 2 aromatic carbocycles. The molecule has 12 heteroatoms. The fourth-order valence-corrected chi connectivity index (χ4v) is 6.20. The predicted octanol–water partition coefficient (Wildman–Crippen LogP) is 1.05. The van der Waals surface area contributed by atoms with Gasteiger partial charge < -0.3 is 0 Å². The third kappa shape index (κ3) is 5.69. The van der Waals surface area contributed by atoms with E-state index in [0.29, 0.717) is 4.41 Å². The summed E-state index contributed by atoms with van der Waals surface area (Å²) in [6, 6.07) is 14.1. The molecular weight excluding hydrogens is 472 g/mol. The Morgan fingerprint density at radius 2 is 1.72 bits per heavy atom. The number of benzene rings is 2. The van der Waals surface area contributed by atoms with Crippen molar-refractivity contribution in [3.8, 4) is 0 Å². The largest absolute Gasteiger partial charge is 0.280 e. The minimum absolute atomic E-state index is 0.0124. The molecule has 3 rings (SSSR count). The van der Waals surface area contributed by atoms with Crippen LogP contribution in [0.15, 0.2) is 59.5 Å². The van der Waals surface area contributed by atoms with Gasteiger partial charge in [-0.15, -0.1) is 4.41 Å². The maximum Gasteiger partial charge on any atom is 0.280 e. The molecule has 32 heavy (non-hydrogen) atoms. The lowest BCUT2D eigenvalue weighted by atomic mass is 10.2. The first-order valence-corrected chi connectivity index (χ1v) is 13.2. The van der Waals surface area contributed by atoms with Gasteiger partial charge in [0, 0.05) is 25.4 Å². The van der Waals surface area contributed by atoms with Gasteiger partial charge >= 0.3 is 0 Å². The highest BCUT2D eigenvalue weighted by atomic mass is 32.2. The van der Waals surface area contributed by atoms with Crippen molar-refractivity contribution < 1.29 is 21.6 Å². The van der Waals surface area contributed by atoms with E-state index in [9.17, 15) is 21.6 Å². The zero-order valence-electron chi connectivity index (χ0n) is 17.7. The van der Waals surface area contributed by atoms with Gasteiger partial charge in [-0.05, 0) is 31.0 Å². The van der Waals surface area contributed by atoms with E-state index < -0.39 is 32.2 Å². The molecule has 0 unspecified atom stereocenters. The Balaban J connectivity index is 1.72. The summed E-state index contributed by atoms with van der Waals surface area (Å²) >= 11 is 4.34. The Morgan fingerprint density at radius 1 is 1.09 bits per heavy atom. The SMILES string of the molecule is Cc1ccc(S(=O)(=O)N(C)NC(=O)[C@@H]2C[C@@H](S)CN2S(=O)(=O)NCc2ccccc2)cc1. The number of amides is 1. The normalized spacial score (nSPS) is 19.9. The minimum atomic E-state index is -4.01. The standard InChI is InChI=1S/C20H26N4O5S3/c1-15-8-10-18(11-9-15)31(26,27)23(2)22-20(25)19-12-17(30)14-24(19)32(28,29)21-13-16-6-4-3-5-7-16/h3-11,17,19,21,30H,12-14H2,1-2H3,(H,22,25)/t17-,19+/m1/s1. The van der Waals surface area contributed by atoms with E-state index in [1.165, 1.54) is 19.2 Å². The van der Waals surface area contributed by atoms with Gasteiger partial charge in [-0.1, -0.05) is 48.0 Å². The molecule has 1 heterocycles. The molecule has 0 spiro atoms. The lowest BCUT2D eigenvalue weighted by Crippen LogP contribution is -2.53. The highest BCUT2D eigenvalue weighted by Crippen LogP contribution is 2.25. The molecular formula is C20H26N4O5S3. The maximum atomic E-state index is 12.9. The Morgan fingerprint density at radius 3 is 2.34 bits per heavy atom. The average molecular weight is 499 g/mol. The van der Waals surface area contributed by atoms with Gasteiger partial charge in [0.15, 0.2) is 0 Å². The molecule has 9 nitrogen and oxygen atoms in total. The van der Waals surface area contributed by atoms with Gasteiger partial charge in [-0.25, -0.2) is 8.42 Å². The molecule has 0 bridgehead atoms. The van der Waals surface area contributed by atoms with Crippen LogP contribution in [0.1, 0.15) is 17.5 Å². The summed E-state index contributed by atoms with van der Waals surface area (Å²) < 4.78 is 55.5. The lowest BCUT2D eigenvalue weighted by Gasteiger charge is -2.26. The van der Waals surface area contributed by atoms with Gasteiger partial charge in [0.2, 0.25) is 0 Å². The van der Waals surface area contributed by atoms with Crippen LogP contribution in [0.2, 0.25) is 0 Å². The monoisotopic (exact) mass is 498 g/mol. The van der Waals surface area contributed by atoms with Crippen LogP contribution in [0.3, 0.4) is 0 Å². The van der Waals surface area contributed by atoms with Crippen LogP contribution in [-0.2, 0) is 31.6 Å². The van der Waals surface area contributed by atoms with Crippen LogP contribution >= 0.6 is 12.6 Å². The van der Waals surface area contributed by atoms with Crippen molar-refractivity contribution in [1.29, 1.82) is 0 Å². The predicted molar refractivity (Wildman–Crippen MR) is 124 cm³/mol. The van der Waals surface area contributed by atoms with E-state index in [4.69, 9.17) is 0 Å². The number of hydrogen-bond acceptors (Lipinski definition) is 6. The molecule has 1 aliphatic rings. The van der Waals surface area contributed by atoms with Gasteiger partial charge in [0.1, 0.15) is 6.04 Å². The van der Waals surface area contributed by atoms with Crippen LogP contribution in [-0.4, -0.2) is 56.3 Å². The van der Waals surface area contributed by atoms with Crippen molar-refractivity contribution in [3.63, 3.8) is 0 Å². The molecule has 2 N–H and O–H groups in total. The molecule has 0 aliphatic carbocycles. The lowest BCUT2D eigenvalue weighted by molar-refractivity contribution is -0.126. The second-order valence-corrected chi connectivity index (χ2v) is 12.0. The van der Waals surface area contributed by atoms with Crippen LogP contribution < -0.4 is 10.1 Å². The third-order valence-electron chi connectivity index (χ3n) is 5.09. The molecule has 1 saturated heterocycles. The Bertz CT molecular complexity index is 1160. The number of rotatable bonds is 8. The Kier molecular flexibility index (Phi) is 7.63. The number of sulfonamides is 1. The first-order chi connectivity index (χ1) is 15.0. The summed E-state index contributed by atoms with van der Waals surface area (Å²) in [4.78, 5) is 12.9. The van der Waals surface area contributed by atoms with Gasteiger partial charge in [0.25, 0.3) is 26.1 Å². The van der Waals surface area contributed by atoms with Crippen LogP contribution in [0.5, 0.6) is 0 Å². The fraction of sp³-hybridized carbons (Fsp3) is 0.350. The summed E-state index contributed by atoms with van der Waals surface area (Å²) in [7, 11) is -6.80. The molecule has 1 amide bonds. The van der Waals surface area contributed by atoms with Crippen LogP contribution in [0.25, 0.3) is 0 Å². The number of carbonyl (C=O) groups excluding carboxylic acids is 1. The van der Waals surface area contributed by atoms with Crippen molar-refractivity contribution in [2.24, 2.45) is 0 Å². The minimum Gasteiger partial charge on any atom is -0.274 e. The number of hydrazine groups is 1. The van der Waals surface area contributed by atoms with E-state index in [-0.39, 0.29) is 29.7 Å². The smallest absolute Gasteiger partial charge is 0.274 e.